The molecule has 0 heterocycles. The van der Waals surface area contributed by atoms with E-state index in [9.17, 15) is 9.59 Å². The van der Waals surface area contributed by atoms with E-state index in [1.54, 1.807) is 24.3 Å². The second kappa shape index (κ2) is 6.12. The maximum absolute atomic E-state index is 11.5. The van der Waals surface area contributed by atoms with E-state index in [0.29, 0.717) is 23.6 Å². The van der Waals surface area contributed by atoms with Crippen molar-refractivity contribution < 1.29 is 14.7 Å². The normalized spacial score (nSPS) is 9.81. The topological polar surface area (TPSA) is 66.4 Å². The van der Waals surface area contributed by atoms with Gasteiger partial charge in [-0.1, -0.05) is 11.6 Å². The second-order valence-electron chi connectivity index (χ2n) is 3.26. The Morgan fingerprint density at radius 1 is 1.25 bits per heavy atom. The number of carbonyl (C=O) groups excluding carboxylic acids is 1. The summed E-state index contributed by atoms with van der Waals surface area (Å²) < 4.78 is 0. The molecule has 0 aliphatic carbocycles. The molecule has 1 rings (SSSR count). The summed E-state index contributed by atoms with van der Waals surface area (Å²) in [5.74, 6) is -1.08. The lowest BCUT2D eigenvalue weighted by molar-refractivity contribution is -0.137. The van der Waals surface area contributed by atoms with Crippen molar-refractivity contribution in [1.29, 1.82) is 0 Å². The van der Waals surface area contributed by atoms with Crippen LogP contribution >= 0.6 is 11.6 Å². The number of carbonyl (C=O) groups is 2. The summed E-state index contributed by atoms with van der Waals surface area (Å²) in [6.07, 6.45) is 0.482. The Morgan fingerprint density at radius 3 is 2.44 bits per heavy atom. The Kier molecular flexibility index (Phi) is 4.79. The van der Waals surface area contributed by atoms with E-state index in [2.05, 4.69) is 5.32 Å². The lowest BCUT2D eigenvalue weighted by Crippen LogP contribution is -2.24. The van der Waals surface area contributed by atoms with Crippen LogP contribution in [0.5, 0.6) is 0 Å². The molecule has 5 heteroatoms. The zero-order chi connectivity index (χ0) is 12.0. The molecule has 0 aliphatic rings. The number of aliphatic carboxylic acids is 1. The average Bonchev–Trinajstić information content (AvgIpc) is 2.25. The van der Waals surface area contributed by atoms with Crippen molar-refractivity contribution in [3.8, 4) is 0 Å². The van der Waals surface area contributed by atoms with Gasteiger partial charge in [-0.3, -0.25) is 9.59 Å². The number of amides is 1. The van der Waals surface area contributed by atoms with Crippen molar-refractivity contribution in [3.63, 3.8) is 0 Å². The summed E-state index contributed by atoms with van der Waals surface area (Å²) in [7, 11) is 0. The second-order valence-corrected chi connectivity index (χ2v) is 3.70. The van der Waals surface area contributed by atoms with Crippen LogP contribution in [0.1, 0.15) is 23.2 Å². The first kappa shape index (κ1) is 12.5. The first-order chi connectivity index (χ1) is 7.59. The summed E-state index contributed by atoms with van der Waals surface area (Å²) >= 11 is 5.68. The highest BCUT2D eigenvalue weighted by atomic mass is 35.5. The van der Waals surface area contributed by atoms with Crippen LogP contribution in [0, 0.1) is 0 Å². The maximum Gasteiger partial charge on any atom is 0.303 e. The zero-order valence-electron chi connectivity index (χ0n) is 8.57. The van der Waals surface area contributed by atoms with Crippen molar-refractivity contribution in [3.05, 3.63) is 34.9 Å². The van der Waals surface area contributed by atoms with Gasteiger partial charge >= 0.3 is 5.97 Å². The number of nitrogens with one attached hydrogen (secondary N) is 1. The first-order valence-corrected chi connectivity index (χ1v) is 5.23. The minimum absolute atomic E-state index is 0.0564. The van der Waals surface area contributed by atoms with Gasteiger partial charge in [0.15, 0.2) is 0 Å². The summed E-state index contributed by atoms with van der Waals surface area (Å²) in [4.78, 5) is 21.7. The van der Waals surface area contributed by atoms with Gasteiger partial charge in [-0.15, -0.1) is 0 Å². The van der Waals surface area contributed by atoms with E-state index in [4.69, 9.17) is 16.7 Å². The predicted molar refractivity (Wildman–Crippen MR) is 60.7 cm³/mol. The van der Waals surface area contributed by atoms with E-state index in [1.807, 2.05) is 0 Å². The Bertz CT molecular complexity index is 375. The van der Waals surface area contributed by atoms with E-state index >= 15 is 0 Å². The third-order valence-corrected chi connectivity index (χ3v) is 2.21. The summed E-state index contributed by atoms with van der Waals surface area (Å²) in [6, 6.07) is 6.51. The van der Waals surface area contributed by atoms with Crippen molar-refractivity contribution in [2.45, 2.75) is 12.8 Å². The number of hydrogen-bond donors (Lipinski definition) is 2. The molecule has 16 heavy (non-hydrogen) atoms. The molecular weight excluding hydrogens is 230 g/mol. The SMILES string of the molecule is O=C(O)CCCNC(=O)c1ccc(Cl)cc1. The fourth-order valence-electron chi connectivity index (χ4n) is 1.14. The highest BCUT2D eigenvalue weighted by Crippen LogP contribution is 2.09. The predicted octanol–water partition coefficient (Wildman–Crippen LogP) is 1.93. The van der Waals surface area contributed by atoms with Crippen LogP contribution in [0.2, 0.25) is 5.02 Å². The lowest BCUT2D eigenvalue weighted by atomic mass is 10.2. The van der Waals surface area contributed by atoms with Gasteiger partial charge in [-0.25, -0.2) is 0 Å². The molecule has 0 saturated heterocycles. The van der Waals surface area contributed by atoms with Crippen molar-refractivity contribution in [2.24, 2.45) is 0 Å². The number of benzene rings is 1. The van der Waals surface area contributed by atoms with Gasteiger partial charge in [-0.2, -0.15) is 0 Å². The molecule has 0 aliphatic heterocycles. The minimum atomic E-state index is -0.860. The van der Waals surface area contributed by atoms with Crippen LogP contribution in [0.4, 0.5) is 0 Å². The highest BCUT2D eigenvalue weighted by molar-refractivity contribution is 6.30. The third kappa shape index (κ3) is 4.31. The number of rotatable bonds is 5. The molecule has 0 fully saturated rings. The Labute approximate surface area is 98.2 Å². The van der Waals surface area contributed by atoms with Crippen LogP contribution in [-0.4, -0.2) is 23.5 Å². The number of halogens is 1. The third-order valence-electron chi connectivity index (χ3n) is 1.96. The molecule has 0 unspecified atom stereocenters. The smallest absolute Gasteiger partial charge is 0.303 e. The lowest BCUT2D eigenvalue weighted by Gasteiger charge is -2.03. The molecule has 86 valence electrons. The number of hydrogen-bond acceptors (Lipinski definition) is 2. The quantitative estimate of drug-likeness (QED) is 0.775. The van der Waals surface area contributed by atoms with Crippen LogP contribution in [0.25, 0.3) is 0 Å². The maximum atomic E-state index is 11.5. The molecule has 1 aromatic carbocycles. The molecule has 4 nitrogen and oxygen atoms in total. The average molecular weight is 242 g/mol. The minimum Gasteiger partial charge on any atom is -0.481 e. The van der Waals surface area contributed by atoms with Gasteiger partial charge in [0, 0.05) is 23.6 Å². The first-order valence-electron chi connectivity index (χ1n) is 4.85. The molecule has 1 amide bonds. The van der Waals surface area contributed by atoms with Gasteiger partial charge in [0.2, 0.25) is 0 Å². The van der Waals surface area contributed by atoms with Gasteiger partial charge in [0.1, 0.15) is 0 Å². The molecule has 2 N–H and O–H groups in total. The van der Waals surface area contributed by atoms with Gasteiger partial charge < -0.3 is 10.4 Å². The van der Waals surface area contributed by atoms with E-state index in [-0.39, 0.29) is 12.3 Å². The molecule has 0 atom stereocenters. The van der Waals surface area contributed by atoms with Crippen LogP contribution in [0.15, 0.2) is 24.3 Å². The summed E-state index contributed by atoms with van der Waals surface area (Å²) in [5.41, 5.74) is 0.514. The van der Waals surface area contributed by atoms with Crippen molar-refractivity contribution in [1.82, 2.24) is 5.32 Å². The fourth-order valence-corrected chi connectivity index (χ4v) is 1.27. The van der Waals surface area contributed by atoms with Crippen LogP contribution < -0.4 is 5.32 Å². The zero-order valence-corrected chi connectivity index (χ0v) is 9.33. The van der Waals surface area contributed by atoms with E-state index in [0.717, 1.165) is 0 Å². The van der Waals surface area contributed by atoms with Gasteiger partial charge in [0.05, 0.1) is 0 Å². The summed E-state index contributed by atoms with van der Waals surface area (Å²) in [5, 5.41) is 11.6. The molecule has 0 radical (unpaired) electrons. The molecular formula is C11H12ClNO3. The Hall–Kier alpha value is -1.55. The monoisotopic (exact) mass is 241 g/mol. The molecule has 1 aromatic rings. The van der Waals surface area contributed by atoms with Crippen molar-refractivity contribution >= 4 is 23.5 Å². The summed E-state index contributed by atoms with van der Waals surface area (Å²) in [6.45, 7) is 0.355. The standard InChI is InChI=1S/C11H12ClNO3/c12-9-5-3-8(4-6-9)11(16)13-7-1-2-10(14)15/h3-6H,1-2,7H2,(H,13,16)(H,14,15). The number of carboxylic acid groups (broad SMARTS) is 1. The van der Waals surface area contributed by atoms with E-state index in [1.165, 1.54) is 0 Å². The highest BCUT2D eigenvalue weighted by Gasteiger charge is 2.04. The number of carboxylic acids is 1. The Balaban J connectivity index is 2.35. The molecule has 0 spiro atoms. The van der Waals surface area contributed by atoms with Gasteiger partial charge in [0.25, 0.3) is 5.91 Å². The van der Waals surface area contributed by atoms with Crippen LogP contribution in [0.3, 0.4) is 0 Å². The largest absolute Gasteiger partial charge is 0.481 e. The molecule has 0 bridgehead atoms. The fraction of sp³-hybridized carbons (Fsp3) is 0.273. The van der Waals surface area contributed by atoms with E-state index < -0.39 is 5.97 Å². The van der Waals surface area contributed by atoms with Crippen molar-refractivity contribution in [2.75, 3.05) is 6.54 Å². The Morgan fingerprint density at radius 2 is 1.88 bits per heavy atom. The van der Waals surface area contributed by atoms with Crippen LogP contribution in [-0.2, 0) is 4.79 Å². The van der Waals surface area contributed by atoms with Gasteiger partial charge in [-0.05, 0) is 30.7 Å². The molecule has 0 aromatic heterocycles. The molecule has 0 saturated carbocycles.